The number of benzene rings is 1. The molecular formula is C17H16N2O3. The Hall–Kier alpha value is -2.79. The van der Waals surface area contributed by atoms with Crippen LogP contribution in [0.1, 0.15) is 22.2 Å². The van der Waals surface area contributed by atoms with Crippen LogP contribution in [-0.2, 0) is 0 Å². The second kappa shape index (κ2) is 6.32. The van der Waals surface area contributed by atoms with Gasteiger partial charge in [-0.05, 0) is 48.5 Å². The summed E-state index contributed by atoms with van der Waals surface area (Å²) in [6, 6.07) is 14.5. The van der Waals surface area contributed by atoms with Crippen LogP contribution in [0, 0.1) is 0 Å². The SMILES string of the molecule is O=C(NCC(O)c1ccco1)c1ccc(-n2cccc2)cc1. The number of furan rings is 1. The average Bonchev–Trinajstić information content (AvgIpc) is 3.25. The molecule has 0 aliphatic heterocycles. The summed E-state index contributed by atoms with van der Waals surface area (Å²) >= 11 is 0. The molecule has 2 heterocycles. The summed E-state index contributed by atoms with van der Waals surface area (Å²) in [6.45, 7) is 0.103. The van der Waals surface area contributed by atoms with Gasteiger partial charge < -0.3 is 19.4 Å². The van der Waals surface area contributed by atoms with Crippen LogP contribution in [0.4, 0.5) is 0 Å². The van der Waals surface area contributed by atoms with Gasteiger partial charge in [0.2, 0.25) is 0 Å². The fourth-order valence-electron chi connectivity index (χ4n) is 2.16. The number of rotatable bonds is 5. The van der Waals surface area contributed by atoms with Crippen molar-refractivity contribution in [2.75, 3.05) is 6.54 Å². The third kappa shape index (κ3) is 3.10. The van der Waals surface area contributed by atoms with Crippen molar-refractivity contribution in [1.29, 1.82) is 0 Å². The van der Waals surface area contributed by atoms with E-state index in [1.165, 1.54) is 6.26 Å². The molecule has 0 saturated carbocycles. The van der Waals surface area contributed by atoms with Crippen LogP contribution in [-0.4, -0.2) is 22.1 Å². The molecule has 1 unspecified atom stereocenters. The molecule has 0 aliphatic rings. The number of carbonyl (C=O) groups is 1. The summed E-state index contributed by atoms with van der Waals surface area (Å²) in [7, 11) is 0. The van der Waals surface area contributed by atoms with E-state index in [0.717, 1.165) is 5.69 Å². The van der Waals surface area contributed by atoms with E-state index in [-0.39, 0.29) is 12.5 Å². The predicted octanol–water partition coefficient (Wildman–Crippen LogP) is 2.53. The molecule has 5 heteroatoms. The Morgan fingerprint density at radius 2 is 1.86 bits per heavy atom. The van der Waals surface area contributed by atoms with Crippen molar-refractivity contribution in [1.82, 2.24) is 9.88 Å². The summed E-state index contributed by atoms with van der Waals surface area (Å²) < 4.78 is 7.05. The first kappa shape index (κ1) is 14.2. The summed E-state index contributed by atoms with van der Waals surface area (Å²) in [5.41, 5.74) is 1.53. The van der Waals surface area contributed by atoms with Crippen molar-refractivity contribution >= 4 is 5.91 Å². The van der Waals surface area contributed by atoms with Crippen LogP contribution >= 0.6 is 0 Å². The Morgan fingerprint density at radius 1 is 1.14 bits per heavy atom. The first-order chi connectivity index (χ1) is 10.7. The number of aromatic nitrogens is 1. The third-order valence-corrected chi connectivity index (χ3v) is 3.36. The molecular weight excluding hydrogens is 280 g/mol. The highest BCUT2D eigenvalue weighted by Gasteiger charge is 2.12. The van der Waals surface area contributed by atoms with E-state index in [1.54, 1.807) is 24.3 Å². The van der Waals surface area contributed by atoms with Gasteiger partial charge in [0.25, 0.3) is 5.91 Å². The van der Waals surface area contributed by atoms with E-state index < -0.39 is 6.10 Å². The fraction of sp³-hybridized carbons (Fsp3) is 0.118. The number of nitrogens with one attached hydrogen (secondary N) is 1. The lowest BCUT2D eigenvalue weighted by Gasteiger charge is -2.10. The molecule has 2 aromatic heterocycles. The number of nitrogens with zero attached hydrogens (tertiary/aromatic N) is 1. The van der Waals surface area contributed by atoms with Crippen LogP contribution < -0.4 is 5.32 Å². The predicted molar refractivity (Wildman–Crippen MR) is 81.8 cm³/mol. The van der Waals surface area contributed by atoms with Gasteiger partial charge in [0.1, 0.15) is 11.9 Å². The van der Waals surface area contributed by atoms with Gasteiger partial charge in [-0.3, -0.25) is 4.79 Å². The minimum Gasteiger partial charge on any atom is -0.467 e. The standard InChI is InChI=1S/C17H16N2O3/c20-15(16-4-3-11-22-16)12-18-17(21)13-5-7-14(8-6-13)19-9-1-2-10-19/h1-11,15,20H,12H2,(H,18,21). The molecule has 112 valence electrons. The Balaban J connectivity index is 1.60. The Labute approximate surface area is 127 Å². The van der Waals surface area contributed by atoms with E-state index in [9.17, 15) is 9.90 Å². The number of hydrogen-bond acceptors (Lipinski definition) is 3. The number of amides is 1. The maximum atomic E-state index is 12.1. The normalized spacial score (nSPS) is 12.0. The van der Waals surface area contributed by atoms with Gasteiger partial charge in [-0.2, -0.15) is 0 Å². The van der Waals surface area contributed by atoms with E-state index in [4.69, 9.17) is 4.42 Å². The molecule has 0 bridgehead atoms. The monoisotopic (exact) mass is 296 g/mol. The molecule has 1 atom stereocenters. The Morgan fingerprint density at radius 3 is 2.50 bits per heavy atom. The van der Waals surface area contributed by atoms with Crippen LogP contribution in [0.2, 0.25) is 0 Å². The topological polar surface area (TPSA) is 67.4 Å². The van der Waals surface area contributed by atoms with Crippen molar-refractivity contribution < 1.29 is 14.3 Å². The van der Waals surface area contributed by atoms with Crippen molar-refractivity contribution in [3.05, 3.63) is 78.5 Å². The Kier molecular flexibility index (Phi) is 4.07. The van der Waals surface area contributed by atoms with Gasteiger partial charge in [0, 0.05) is 23.6 Å². The van der Waals surface area contributed by atoms with Crippen LogP contribution in [0.3, 0.4) is 0 Å². The van der Waals surface area contributed by atoms with Gasteiger partial charge in [-0.15, -0.1) is 0 Å². The second-order valence-corrected chi connectivity index (χ2v) is 4.88. The summed E-state index contributed by atoms with van der Waals surface area (Å²) in [6.07, 6.45) is 4.52. The lowest BCUT2D eigenvalue weighted by atomic mass is 10.2. The maximum absolute atomic E-state index is 12.1. The van der Waals surface area contributed by atoms with Crippen molar-refractivity contribution in [2.24, 2.45) is 0 Å². The van der Waals surface area contributed by atoms with E-state index in [1.807, 2.05) is 41.2 Å². The van der Waals surface area contributed by atoms with E-state index in [0.29, 0.717) is 11.3 Å². The maximum Gasteiger partial charge on any atom is 0.251 e. The number of hydrogen-bond donors (Lipinski definition) is 2. The summed E-state index contributed by atoms with van der Waals surface area (Å²) in [5, 5.41) is 12.5. The molecule has 0 aliphatic carbocycles. The van der Waals surface area contributed by atoms with E-state index in [2.05, 4.69) is 5.32 Å². The molecule has 5 nitrogen and oxygen atoms in total. The number of aliphatic hydroxyl groups is 1. The number of aliphatic hydroxyl groups excluding tert-OH is 1. The van der Waals surface area contributed by atoms with Crippen molar-refractivity contribution in [3.8, 4) is 5.69 Å². The summed E-state index contributed by atoms with van der Waals surface area (Å²) in [4.78, 5) is 12.1. The highest BCUT2D eigenvalue weighted by atomic mass is 16.4. The van der Waals surface area contributed by atoms with Crippen molar-refractivity contribution in [3.63, 3.8) is 0 Å². The molecule has 0 radical (unpaired) electrons. The molecule has 3 rings (SSSR count). The molecule has 0 fully saturated rings. The van der Waals surface area contributed by atoms with Gasteiger partial charge in [-0.25, -0.2) is 0 Å². The third-order valence-electron chi connectivity index (χ3n) is 3.36. The molecule has 2 N–H and O–H groups in total. The van der Waals surface area contributed by atoms with Gasteiger partial charge in [-0.1, -0.05) is 0 Å². The molecule has 22 heavy (non-hydrogen) atoms. The molecule has 0 saturated heterocycles. The van der Waals surface area contributed by atoms with Gasteiger partial charge >= 0.3 is 0 Å². The zero-order valence-corrected chi connectivity index (χ0v) is 11.8. The highest BCUT2D eigenvalue weighted by Crippen LogP contribution is 2.13. The molecule has 3 aromatic rings. The van der Waals surface area contributed by atoms with Crippen molar-refractivity contribution in [2.45, 2.75) is 6.10 Å². The lowest BCUT2D eigenvalue weighted by molar-refractivity contribution is 0.0901. The quantitative estimate of drug-likeness (QED) is 0.760. The molecule has 0 spiro atoms. The zero-order valence-electron chi connectivity index (χ0n) is 11.8. The number of carbonyl (C=O) groups excluding carboxylic acids is 1. The second-order valence-electron chi connectivity index (χ2n) is 4.88. The smallest absolute Gasteiger partial charge is 0.251 e. The average molecular weight is 296 g/mol. The minimum absolute atomic E-state index is 0.103. The molecule has 1 amide bonds. The van der Waals surface area contributed by atoms with Gasteiger partial charge in [0.15, 0.2) is 0 Å². The fourth-order valence-corrected chi connectivity index (χ4v) is 2.16. The first-order valence-corrected chi connectivity index (χ1v) is 6.97. The zero-order chi connectivity index (χ0) is 15.4. The van der Waals surface area contributed by atoms with Crippen LogP contribution in [0.5, 0.6) is 0 Å². The molecule has 1 aromatic carbocycles. The van der Waals surface area contributed by atoms with Gasteiger partial charge in [0.05, 0.1) is 12.8 Å². The highest BCUT2D eigenvalue weighted by molar-refractivity contribution is 5.94. The lowest BCUT2D eigenvalue weighted by Crippen LogP contribution is -2.28. The largest absolute Gasteiger partial charge is 0.467 e. The summed E-state index contributed by atoms with van der Waals surface area (Å²) in [5.74, 6) is 0.202. The van der Waals surface area contributed by atoms with E-state index >= 15 is 0 Å². The minimum atomic E-state index is -0.849. The Bertz CT molecular complexity index is 716. The van der Waals surface area contributed by atoms with Crippen LogP contribution in [0.25, 0.3) is 5.69 Å². The van der Waals surface area contributed by atoms with Crippen LogP contribution in [0.15, 0.2) is 71.6 Å². The first-order valence-electron chi connectivity index (χ1n) is 6.97.